The number of hydrogen-bond acceptors (Lipinski definition) is 3. The molecule has 0 bridgehead atoms. The van der Waals surface area contributed by atoms with Gasteiger partial charge >= 0.3 is 0 Å². The van der Waals surface area contributed by atoms with Gasteiger partial charge in [-0.3, -0.25) is 14.3 Å². The molecule has 0 unspecified atom stereocenters. The molecule has 0 saturated carbocycles. The quantitative estimate of drug-likeness (QED) is 0.675. The first kappa shape index (κ1) is 8.62. The minimum absolute atomic E-state index is 0.116. The Morgan fingerprint density at radius 3 is 2.86 bits per heavy atom. The summed E-state index contributed by atoms with van der Waals surface area (Å²) in [7, 11) is 0. The zero-order chi connectivity index (χ0) is 9.97. The highest BCUT2D eigenvalue weighted by Gasteiger charge is 2.06. The number of nitrogens with zero attached hydrogens (tertiary/aromatic N) is 3. The zero-order valence-corrected chi connectivity index (χ0v) is 7.71. The van der Waals surface area contributed by atoms with Crippen LogP contribution in [0.4, 0.5) is 0 Å². The van der Waals surface area contributed by atoms with Gasteiger partial charge in [0.2, 0.25) is 0 Å². The van der Waals surface area contributed by atoms with Crippen LogP contribution in [0.2, 0.25) is 0 Å². The van der Waals surface area contributed by atoms with Crippen LogP contribution in [-0.2, 0) is 0 Å². The molecule has 0 amide bonds. The molecule has 4 nitrogen and oxygen atoms in total. The molecule has 0 atom stereocenters. The van der Waals surface area contributed by atoms with Gasteiger partial charge in [0.25, 0.3) is 5.91 Å². The minimum Gasteiger partial charge on any atom is -0.272 e. The van der Waals surface area contributed by atoms with Gasteiger partial charge in [0.05, 0.1) is 5.56 Å². The molecule has 0 N–H and O–H groups in total. The number of imidazole rings is 1. The molecule has 0 saturated heterocycles. The number of carbonyl (C=O) groups excluding carboxylic acids is 1. The van der Waals surface area contributed by atoms with Crippen molar-refractivity contribution >= 4 is 5.91 Å². The van der Waals surface area contributed by atoms with Gasteiger partial charge < -0.3 is 0 Å². The van der Waals surface area contributed by atoms with Crippen LogP contribution in [0.15, 0.2) is 37.1 Å². The normalized spacial score (nSPS) is 10.1. The Kier molecular flexibility index (Phi) is 2.10. The first-order valence-corrected chi connectivity index (χ1v) is 4.23. The highest BCUT2D eigenvalue weighted by molar-refractivity contribution is 5.95. The van der Waals surface area contributed by atoms with E-state index in [0.717, 1.165) is 5.69 Å². The Morgan fingerprint density at radius 2 is 2.29 bits per heavy atom. The molecule has 2 aromatic heterocycles. The van der Waals surface area contributed by atoms with Crippen molar-refractivity contribution in [3.8, 4) is 0 Å². The summed E-state index contributed by atoms with van der Waals surface area (Å²) in [6.07, 6.45) is 6.22. The fourth-order valence-electron chi connectivity index (χ4n) is 1.12. The largest absolute Gasteiger partial charge is 0.272 e. The predicted octanol–water partition coefficient (Wildman–Crippen LogP) is 1.28. The summed E-state index contributed by atoms with van der Waals surface area (Å²) in [5, 5.41) is 0. The van der Waals surface area contributed by atoms with E-state index in [1.54, 1.807) is 24.7 Å². The number of hydrogen-bond donors (Lipinski definition) is 0. The van der Waals surface area contributed by atoms with E-state index < -0.39 is 0 Å². The molecular weight excluding hydrogens is 178 g/mol. The molecule has 0 aliphatic heterocycles. The highest BCUT2D eigenvalue weighted by Crippen LogP contribution is 2.02. The number of rotatable bonds is 1. The van der Waals surface area contributed by atoms with Crippen LogP contribution in [0, 0.1) is 6.92 Å². The van der Waals surface area contributed by atoms with Crippen molar-refractivity contribution in [1.82, 2.24) is 14.5 Å². The Morgan fingerprint density at radius 1 is 1.43 bits per heavy atom. The van der Waals surface area contributed by atoms with Crippen LogP contribution < -0.4 is 0 Å². The van der Waals surface area contributed by atoms with E-state index in [-0.39, 0.29) is 5.91 Å². The van der Waals surface area contributed by atoms with E-state index in [1.807, 2.05) is 13.0 Å². The number of carbonyl (C=O) groups is 1. The molecule has 14 heavy (non-hydrogen) atoms. The zero-order valence-electron chi connectivity index (χ0n) is 7.71. The second-order valence-electron chi connectivity index (χ2n) is 2.96. The van der Waals surface area contributed by atoms with E-state index in [9.17, 15) is 4.79 Å². The van der Waals surface area contributed by atoms with Crippen LogP contribution in [0.3, 0.4) is 0 Å². The third-order valence-electron chi connectivity index (χ3n) is 1.90. The lowest BCUT2D eigenvalue weighted by molar-refractivity contribution is 0.0959. The molecule has 2 aromatic rings. The van der Waals surface area contributed by atoms with Gasteiger partial charge in [-0.15, -0.1) is 0 Å². The highest BCUT2D eigenvalue weighted by atomic mass is 16.2. The van der Waals surface area contributed by atoms with E-state index in [2.05, 4.69) is 9.97 Å². The lowest BCUT2D eigenvalue weighted by Gasteiger charge is -2.00. The second kappa shape index (κ2) is 3.41. The smallest absolute Gasteiger partial charge is 0.264 e. The summed E-state index contributed by atoms with van der Waals surface area (Å²) >= 11 is 0. The van der Waals surface area contributed by atoms with Crippen molar-refractivity contribution < 1.29 is 4.79 Å². The third-order valence-corrected chi connectivity index (χ3v) is 1.90. The Labute approximate surface area is 81.2 Å². The van der Waals surface area contributed by atoms with Gasteiger partial charge in [-0.1, -0.05) is 0 Å². The monoisotopic (exact) mass is 187 g/mol. The van der Waals surface area contributed by atoms with E-state index in [4.69, 9.17) is 0 Å². The summed E-state index contributed by atoms with van der Waals surface area (Å²) in [6, 6.07) is 3.56. The topological polar surface area (TPSA) is 47.8 Å². The first-order valence-electron chi connectivity index (χ1n) is 4.23. The van der Waals surface area contributed by atoms with Crippen molar-refractivity contribution in [2.75, 3.05) is 0 Å². The molecular formula is C10H9N3O. The van der Waals surface area contributed by atoms with E-state index in [0.29, 0.717) is 5.56 Å². The van der Waals surface area contributed by atoms with Crippen LogP contribution >= 0.6 is 0 Å². The van der Waals surface area contributed by atoms with Crippen molar-refractivity contribution in [1.29, 1.82) is 0 Å². The van der Waals surface area contributed by atoms with Crippen molar-refractivity contribution in [3.05, 3.63) is 48.3 Å². The molecule has 2 heterocycles. The summed E-state index contributed by atoms with van der Waals surface area (Å²) in [4.78, 5) is 19.6. The second-order valence-corrected chi connectivity index (χ2v) is 2.96. The molecule has 2 rings (SSSR count). The maximum absolute atomic E-state index is 11.7. The van der Waals surface area contributed by atoms with E-state index in [1.165, 1.54) is 10.9 Å². The lowest BCUT2D eigenvalue weighted by Crippen LogP contribution is -2.09. The third kappa shape index (κ3) is 1.54. The Balaban J connectivity index is 2.33. The summed E-state index contributed by atoms with van der Waals surface area (Å²) in [6.45, 7) is 1.88. The van der Waals surface area contributed by atoms with Crippen molar-refractivity contribution in [2.45, 2.75) is 6.92 Å². The molecule has 0 aliphatic carbocycles. The van der Waals surface area contributed by atoms with Gasteiger partial charge in [0, 0.05) is 24.3 Å². The summed E-state index contributed by atoms with van der Waals surface area (Å²) < 4.78 is 1.42. The van der Waals surface area contributed by atoms with Gasteiger partial charge in [0.1, 0.15) is 6.33 Å². The SMILES string of the molecule is Cc1ccc(C(=O)n2ccnc2)cn1. The van der Waals surface area contributed by atoms with Crippen LogP contribution in [-0.4, -0.2) is 20.4 Å². The number of aromatic nitrogens is 3. The predicted molar refractivity (Wildman–Crippen MR) is 50.9 cm³/mol. The molecule has 0 fully saturated rings. The number of pyridine rings is 1. The maximum Gasteiger partial charge on any atom is 0.264 e. The lowest BCUT2D eigenvalue weighted by atomic mass is 10.2. The van der Waals surface area contributed by atoms with E-state index >= 15 is 0 Å². The summed E-state index contributed by atoms with van der Waals surface area (Å²) in [5.74, 6) is -0.116. The van der Waals surface area contributed by atoms with Gasteiger partial charge in [-0.2, -0.15) is 0 Å². The molecule has 70 valence electrons. The van der Waals surface area contributed by atoms with Crippen LogP contribution in [0.1, 0.15) is 16.1 Å². The number of aryl methyl sites for hydroxylation is 1. The molecule has 0 radical (unpaired) electrons. The Hall–Kier alpha value is -1.97. The molecule has 0 spiro atoms. The maximum atomic E-state index is 11.7. The standard InChI is InChI=1S/C10H9N3O/c1-8-2-3-9(6-12-8)10(14)13-5-4-11-7-13/h2-7H,1H3. The fraction of sp³-hybridized carbons (Fsp3) is 0.100. The summed E-state index contributed by atoms with van der Waals surface area (Å²) in [5.41, 5.74) is 1.46. The average Bonchev–Trinajstić information content (AvgIpc) is 2.71. The van der Waals surface area contributed by atoms with Gasteiger partial charge in [0.15, 0.2) is 0 Å². The first-order chi connectivity index (χ1) is 6.77. The van der Waals surface area contributed by atoms with Gasteiger partial charge in [-0.05, 0) is 19.1 Å². The molecule has 0 aliphatic rings. The Bertz CT molecular complexity index is 431. The van der Waals surface area contributed by atoms with Gasteiger partial charge in [-0.25, -0.2) is 4.98 Å². The fourth-order valence-corrected chi connectivity index (χ4v) is 1.12. The van der Waals surface area contributed by atoms with Crippen molar-refractivity contribution in [2.24, 2.45) is 0 Å². The molecule has 0 aromatic carbocycles. The average molecular weight is 187 g/mol. The van der Waals surface area contributed by atoms with Crippen molar-refractivity contribution in [3.63, 3.8) is 0 Å². The minimum atomic E-state index is -0.116. The van der Waals surface area contributed by atoms with Crippen LogP contribution in [0.25, 0.3) is 0 Å². The van der Waals surface area contributed by atoms with Crippen LogP contribution in [0.5, 0.6) is 0 Å². The molecule has 4 heteroatoms.